The maximum Gasteiger partial charge on any atom is 0.296 e. The van der Waals surface area contributed by atoms with Crippen molar-refractivity contribution in [3.05, 3.63) is 90.0 Å². The van der Waals surface area contributed by atoms with Gasteiger partial charge < -0.3 is 20.8 Å². The molecule has 0 aliphatic carbocycles. The molecule has 0 saturated heterocycles. The zero-order valence-corrected chi connectivity index (χ0v) is 42.0. The van der Waals surface area contributed by atoms with E-state index < -0.39 is 113 Å². The molecule has 30 nitrogen and oxygen atoms in total. The molecule has 10 N–H and O–H groups in total. The number of fused-ring (bicyclic) bond motifs is 1. The minimum absolute atomic E-state index is 0.0681. The monoisotopic (exact) mass is 1140 g/mol. The lowest BCUT2D eigenvalue weighted by Crippen LogP contribution is -2.47. The predicted molar refractivity (Wildman–Crippen MR) is 257 cm³/mol. The standard InChI is InChI=1S/C38H34N10O20S6/c1-19-26(18-39)37(50)48(2)38(51)33(19)44-41-21-3-5-23(6-4-21)47-72(56,57)24-9-7-22(8-10-24)42-46-35-30(74(61,62)63)16-20-15-28(69-67-65-52)34(32(40)31(20)36(35)49)45-43-27-12-11-25(17-29(27)73(58,59)60)71(54,55)14-13-64-70-68-66-53/h3-12,15-17,37,41,47,49-50,52-53H,13-14,40H2,1-2H3,(H,58,59,60)(H,61,62,63). The molecule has 1 heterocycles. The van der Waals surface area contributed by atoms with Crippen LogP contribution >= 0.6 is 24.4 Å². The van der Waals surface area contributed by atoms with E-state index in [4.69, 9.17) is 20.4 Å². The zero-order chi connectivity index (χ0) is 54.3. The molecule has 392 valence electrons. The van der Waals surface area contributed by atoms with Gasteiger partial charge in [-0.25, -0.2) is 27.4 Å². The molecule has 1 aliphatic heterocycles. The van der Waals surface area contributed by atoms with Crippen molar-refractivity contribution in [3.8, 4) is 11.8 Å². The number of aliphatic hydroxyl groups excluding tert-OH is 1. The number of nitrogens with two attached hydrogens (primary N) is 1. The summed E-state index contributed by atoms with van der Waals surface area (Å²) in [6.07, 6.45) is -1.43. The van der Waals surface area contributed by atoms with Crippen molar-refractivity contribution in [2.24, 2.45) is 25.6 Å². The Morgan fingerprint density at radius 2 is 1.43 bits per heavy atom. The number of phenols is 1. The van der Waals surface area contributed by atoms with Gasteiger partial charge in [0.15, 0.2) is 39.8 Å². The number of anilines is 3. The first kappa shape index (κ1) is 56.5. The molecule has 1 aliphatic rings. The van der Waals surface area contributed by atoms with E-state index in [1.54, 1.807) is 0 Å². The number of benzene rings is 5. The highest BCUT2D eigenvalue weighted by molar-refractivity contribution is 7.94. The molecule has 6 rings (SSSR count). The lowest BCUT2D eigenvalue weighted by Gasteiger charge is -2.29. The van der Waals surface area contributed by atoms with E-state index in [-0.39, 0.29) is 67.8 Å². The Morgan fingerprint density at radius 3 is 2.05 bits per heavy atom. The van der Waals surface area contributed by atoms with Crippen LogP contribution in [-0.2, 0) is 67.8 Å². The van der Waals surface area contributed by atoms with Crippen LogP contribution in [0.3, 0.4) is 0 Å². The average molecular weight is 1140 g/mol. The lowest BCUT2D eigenvalue weighted by molar-refractivity contribution is -0.434. The molecule has 0 saturated carbocycles. The number of nitrogens with one attached hydrogen (secondary N) is 2. The SMILES string of the molecule is CC1=C(C#N)C(O)N(C)C(=O)C1=NNc1ccc(NS(=O)(=O)c2ccc(N=Nc3c(S(=O)(=O)O)cc4cc(SOOO)c(N=Nc5ccc(S(=O)(=O)CCOSOOO)cc5S(=O)(=O)O)c(N)c4c3O)cc2)cc1. The summed E-state index contributed by atoms with van der Waals surface area (Å²) in [7, 11) is -17.8. The fourth-order valence-electron chi connectivity index (χ4n) is 6.41. The van der Waals surface area contributed by atoms with Crippen LogP contribution in [0.2, 0.25) is 0 Å². The number of sulfonamides is 1. The summed E-state index contributed by atoms with van der Waals surface area (Å²) in [5.41, 5.74) is 6.61. The van der Waals surface area contributed by atoms with Crippen LogP contribution in [0.5, 0.6) is 5.75 Å². The molecular formula is C38H34N10O20S6. The van der Waals surface area contributed by atoms with Crippen LogP contribution in [0, 0.1) is 11.3 Å². The number of phenolic OH excluding ortho intramolecular Hbond substituents is 1. The van der Waals surface area contributed by atoms with E-state index in [1.165, 1.54) is 38.2 Å². The Labute approximate surface area is 426 Å². The first-order chi connectivity index (χ1) is 34.8. The smallest absolute Gasteiger partial charge is 0.296 e. The third kappa shape index (κ3) is 12.9. The van der Waals surface area contributed by atoms with Gasteiger partial charge in [0.2, 0.25) is 0 Å². The number of amides is 1. The normalized spacial score (nSPS) is 15.4. The molecule has 1 amide bonds. The van der Waals surface area contributed by atoms with Crippen LogP contribution < -0.4 is 15.9 Å². The van der Waals surface area contributed by atoms with Gasteiger partial charge in [-0.3, -0.25) is 28.2 Å². The van der Waals surface area contributed by atoms with Gasteiger partial charge in [-0.2, -0.15) is 32.3 Å². The van der Waals surface area contributed by atoms with Crippen LogP contribution in [0.4, 0.5) is 39.8 Å². The predicted octanol–water partition coefficient (Wildman–Crippen LogP) is 5.85. The van der Waals surface area contributed by atoms with Gasteiger partial charge in [0.05, 0.1) is 73.2 Å². The number of likely N-dealkylation sites (N-methyl/N-ethyl adjacent to an activating group) is 1. The molecule has 5 aromatic carbocycles. The van der Waals surface area contributed by atoms with Gasteiger partial charge in [-0.1, -0.05) is 10.1 Å². The fourth-order valence-corrected chi connectivity index (χ4v) is 10.8. The molecule has 0 fully saturated rings. The molecule has 0 bridgehead atoms. The van der Waals surface area contributed by atoms with Gasteiger partial charge >= 0.3 is 0 Å². The Bertz CT molecular complexity index is 3650. The second kappa shape index (κ2) is 23.2. The van der Waals surface area contributed by atoms with E-state index in [1.807, 2.05) is 6.07 Å². The maximum absolute atomic E-state index is 13.3. The fraction of sp³-hybridized carbons (Fsp3) is 0.132. The topological polar surface area (TPSA) is 460 Å². The first-order valence-electron chi connectivity index (χ1n) is 19.6. The average Bonchev–Trinajstić information content (AvgIpc) is 3.34. The van der Waals surface area contributed by atoms with Gasteiger partial charge in [-0.15, -0.1) is 24.0 Å². The number of carbonyl (C=O) groups excluding carboxylic acids is 1. The summed E-state index contributed by atoms with van der Waals surface area (Å²) in [5, 5.41) is 73.8. The van der Waals surface area contributed by atoms with Crippen LogP contribution in [0.25, 0.3) is 10.8 Å². The third-order valence-electron chi connectivity index (χ3n) is 9.99. The first-order valence-corrected chi connectivity index (χ1v) is 27.1. The molecule has 5 aromatic rings. The largest absolute Gasteiger partial charge is 0.505 e. The Hall–Kier alpha value is -6.77. The number of rotatable bonds is 21. The number of carbonyl (C=O) groups is 1. The second-order valence-electron chi connectivity index (χ2n) is 14.6. The minimum atomic E-state index is -5.26. The van der Waals surface area contributed by atoms with Gasteiger partial charge in [0.25, 0.3) is 36.2 Å². The van der Waals surface area contributed by atoms with Gasteiger partial charge in [-0.05, 0) is 91.2 Å². The number of sulfone groups is 1. The number of nitrogens with zero attached hydrogens (tertiary/aromatic N) is 7. The molecule has 1 unspecified atom stereocenters. The Kier molecular flexibility index (Phi) is 17.7. The van der Waals surface area contributed by atoms with E-state index in [2.05, 4.69) is 54.5 Å². The highest BCUT2D eigenvalue weighted by atomic mass is 32.2. The zero-order valence-electron chi connectivity index (χ0n) is 37.1. The number of hydrazone groups is 1. The number of nitrogen functional groups attached to an aromatic ring is 1. The van der Waals surface area contributed by atoms with Crippen molar-refractivity contribution in [2.45, 2.75) is 37.6 Å². The van der Waals surface area contributed by atoms with Crippen LogP contribution in [-0.4, -0.2) is 106 Å². The Morgan fingerprint density at radius 1 is 0.811 bits per heavy atom. The van der Waals surface area contributed by atoms with Crippen molar-refractivity contribution < 1.29 is 91.2 Å². The number of aliphatic hydroxyl groups is 1. The van der Waals surface area contributed by atoms with Crippen molar-refractivity contribution in [1.82, 2.24) is 4.90 Å². The molecule has 0 aromatic heterocycles. The van der Waals surface area contributed by atoms with Crippen LogP contribution in [0.15, 0.2) is 140 Å². The van der Waals surface area contributed by atoms with E-state index in [0.29, 0.717) is 11.8 Å². The number of aromatic hydroxyl groups is 1. The molecule has 0 spiro atoms. The molecule has 1 atom stereocenters. The van der Waals surface area contributed by atoms with Crippen LogP contribution in [0.1, 0.15) is 6.92 Å². The number of hydrogen-bond donors (Lipinski definition) is 9. The van der Waals surface area contributed by atoms with Crippen molar-refractivity contribution in [1.29, 1.82) is 5.26 Å². The molecule has 36 heteroatoms. The van der Waals surface area contributed by atoms with Crippen molar-refractivity contribution in [2.75, 3.05) is 35.3 Å². The summed E-state index contributed by atoms with van der Waals surface area (Å²) in [6, 6.07) is 16.0. The highest BCUT2D eigenvalue weighted by Gasteiger charge is 2.34. The van der Waals surface area contributed by atoms with Gasteiger partial charge in [0.1, 0.15) is 26.9 Å². The van der Waals surface area contributed by atoms with Gasteiger partial charge in [0, 0.05) is 18.3 Å². The van der Waals surface area contributed by atoms with E-state index in [0.717, 1.165) is 53.4 Å². The van der Waals surface area contributed by atoms with Crippen molar-refractivity contribution in [3.63, 3.8) is 0 Å². The third-order valence-corrected chi connectivity index (χ3v) is 15.8. The minimum Gasteiger partial charge on any atom is -0.505 e. The number of azo groups is 2. The summed E-state index contributed by atoms with van der Waals surface area (Å²) < 4.78 is 138. The molecule has 74 heavy (non-hydrogen) atoms. The molecular weight excluding hydrogens is 1110 g/mol. The summed E-state index contributed by atoms with van der Waals surface area (Å²) in [6.45, 7) is 0.897. The summed E-state index contributed by atoms with van der Waals surface area (Å²) in [5.74, 6) is -2.47. The summed E-state index contributed by atoms with van der Waals surface area (Å²) in [4.78, 5) is 10.3. The quantitative estimate of drug-likeness (QED) is 0.00790. The number of hydrogen-bond acceptors (Lipinski definition) is 28. The summed E-state index contributed by atoms with van der Waals surface area (Å²) >= 11 is 0.248. The van der Waals surface area contributed by atoms with E-state index in [9.17, 15) is 63.0 Å². The Balaban J connectivity index is 1.28. The molecule has 0 radical (unpaired) electrons. The highest BCUT2D eigenvalue weighted by Crippen LogP contribution is 2.49. The maximum atomic E-state index is 13.3. The lowest BCUT2D eigenvalue weighted by atomic mass is 9.99. The van der Waals surface area contributed by atoms with Crippen molar-refractivity contribution >= 4 is 127 Å². The number of nitriles is 1. The van der Waals surface area contributed by atoms with E-state index >= 15 is 0 Å². The second-order valence-corrected chi connectivity index (χ2v) is 22.4.